The van der Waals surface area contributed by atoms with E-state index in [0.717, 1.165) is 63.6 Å². The lowest BCUT2D eigenvalue weighted by Gasteiger charge is -2.27. The van der Waals surface area contributed by atoms with Crippen molar-refractivity contribution in [3.05, 3.63) is 77.6 Å². The van der Waals surface area contributed by atoms with Crippen LogP contribution in [0.15, 0.2) is 54.9 Å². The van der Waals surface area contributed by atoms with Gasteiger partial charge in [0.1, 0.15) is 5.82 Å². The Labute approximate surface area is 173 Å². The topological polar surface area (TPSA) is 60.9 Å². The van der Waals surface area contributed by atoms with Crippen molar-refractivity contribution in [2.24, 2.45) is 0 Å². The van der Waals surface area contributed by atoms with E-state index < -0.39 is 0 Å². The summed E-state index contributed by atoms with van der Waals surface area (Å²) in [6.45, 7) is 7.26. The molecule has 0 bridgehead atoms. The highest BCUT2D eigenvalue weighted by Crippen LogP contribution is 2.25. The predicted molar refractivity (Wildman–Crippen MR) is 115 cm³/mol. The molecule has 29 heavy (non-hydrogen) atoms. The Balaban J connectivity index is 1.41. The minimum atomic E-state index is 0.270. The second-order valence-electron chi connectivity index (χ2n) is 7.81. The predicted octanol–water partition coefficient (Wildman–Crippen LogP) is 3.04. The van der Waals surface area contributed by atoms with Crippen LogP contribution >= 0.6 is 0 Å². The lowest BCUT2D eigenvalue weighted by molar-refractivity contribution is 0.199. The van der Waals surface area contributed by atoms with Crippen molar-refractivity contribution in [1.29, 1.82) is 0 Å². The van der Waals surface area contributed by atoms with E-state index >= 15 is 0 Å². The summed E-state index contributed by atoms with van der Waals surface area (Å²) in [7, 11) is 0. The zero-order valence-corrected chi connectivity index (χ0v) is 17.2. The summed E-state index contributed by atoms with van der Waals surface area (Å²) < 4.78 is 0. The fourth-order valence-electron chi connectivity index (χ4n) is 4.07. The van der Waals surface area contributed by atoms with Gasteiger partial charge < -0.3 is 4.90 Å². The van der Waals surface area contributed by atoms with Crippen LogP contribution in [0.4, 0.5) is 0 Å². The van der Waals surface area contributed by atoms with Crippen molar-refractivity contribution in [3.8, 4) is 0 Å². The number of nitrogens with one attached hydrogen (secondary N) is 1. The molecule has 1 aliphatic heterocycles. The molecule has 6 heteroatoms. The van der Waals surface area contributed by atoms with Crippen molar-refractivity contribution >= 4 is 0 Å². The summed E-state index contributed by atoms with van der Waals surface area (Å²) in [5, 5.41) is 7.53. The lowest BCUT2D eigenvalue weighted by Crippen LogP contribution is -2.34. The average Bonchev–Trinajstić information content (AvgIpc) is 3.09. The number of H-pyrrole nitrogens is 1. The Morgan fingerprint density at radius 1 is 0.966 bits per heavy atom. The molecule has 3 aromatic rings. The number of hydrogen-bond acceptors (Lipinski definition) is 5. The van der Waals surface area contributed by atoms with Crippen LogP contribution in [0.5, 0.6) is 0 Å². The number of nitrogens with zero attached hydrogens (tertiary/aromatic N) is 5. The smallest absolute Gasteiger partial charge is 0.167 e. The molecule has 4 rings (SSSR count). The minimum absolute atomic E-state index is 0.270. The third kappa shape index (κ3) is 5.49. The Bertz CT molecular complexity index is 863. The van der Waals surface area contributed by atoms with Crippen molar-refractivity contribution in [1.82, 2.24) is 30.0 Å². The molecule has 6 nitrogen and oxygen atoms in total. The van der Waals surface area contributed by atoms with Gasteiger partial charge in [0.25, 0.3) is 0 Å². The number of aromatic amines is 1. The van der Waals surface area contributed by atoms with Crippen molar-refractivity contribution in [3.63, 3.8) is 0 Å². The van der Waals surface area contributed by atoms with Crippen LogP contribution in [0.3, 0.4) is 0 Å². The van der Waals surface area contributed by atoms with E-state index in [9.17, 15) is 0 Å². The van der Waals surface area contributed by atoms with E-state index in [1.807, 2.05) is 25.4 Å². The molecule has 1 N–H and O–H groups in total. The molecule has 1 aromatic carbocycles. The van der Waals surface area contributed by atoms with E-state index in [-0.39, 0.29) is 6.04 Å². The molecule has 1 fully saturated rings. The van der Waals surface area contributed by atoms with Crippen LogP contribution in [0.25, 0.3) is 0 Å². The van der Waals surface area contributed by atoms with Gasteiger partial charge in [-0.1, -0.05) is 36.4 Å². The van der Waals surface area contributed by atoms with Gasteiger partial charge in [-0.2, -0.15) is 5.10 Å². The van der Waals surface area contributed by atoms with Gasteiger partial charge in [0.05, 0.1) is 6.04 Å². The van der Waals surface area contributed by atoms with Gasteiger partial charge >= 0.3 is 0 Å². The Hall–Kier alpha value is -2.57. The summed E-state index contributed by atoms with van der Waals surface area (Å²) in [4.78, 5) is 14.0. The van der Waals surface area contributed by atoms with Crippen molar-refractivity contribution in [2.45, 2.75) is 32.2 Å². The number of aryl methyl sites for hydroxylation is 1. The maximum absolute atomic E-state index is 4.66. The molecule has 0 amide bonds. The Morgan fingerprint density at radius 2 is 1.79 bits per heavy atom. The van der Waals surface area contributed by atoms with Crippen LogP contribution in [0.2, 0.25) is 0 Å². The highest BCUT2D eigenvalue weighted by molar-refractivity contribution is 5.15. The monoisotopic (exact) mass is 390 g/mol. The number of rotatable bonds is 7. The van der Waals surface area contributed by atoms with E-state index in [1.54, 1.807) is 0 Å². The molecule has 0 aliphatic carbocycles. The summed E-state index contributed by atoms with van der Waals surface area (Å²) in [6.07, 6.45) is 6.96. The van der Waals surface area contributed by atoms with E-state index in [0.29, 0.717) is 0 Å². The van der Waals surface area contributed by atoms with E-state index in [4.69, 9.17) is 0 Å². The average molecular weight is 391 g/mol. The molecule has 152 valence electrons. The maximum Gasteiger partial charge on any atom is 0.167 e. The van der Waals surface area contributed by atoms with Gasteiger partial charge in [-0.25, -0.2) is 4.98 Å². The number of pyridine rings is 1. The SMILES string of the molecule is Cc1nc(C2CCN(CCc3cccnc3)CCN2CCc2ccccc2)n[nH]1. The quantitative estimate of drug-likeness (QED) is 0.672. The second-order valence-corrected chi connectivity index (χ2v) is 7.81. The van der Waals surface area contributed by atoms with Crippen LogP contribution < -0.4 is 0 Å². The van der Waals surface area contributed by atoms with Crippen molar-refractivity contribution < 1.29 is 0 Å². The van der Waals surface area contributed by atoms with Gasteiger partial charge in [-0.3, -0.25) is 15.0 Å². The first-order valence-corrected chi connectivity index (χ1v) is 10.6. The molecule has 0 radical (unpaired) electrons. The minimum Gasteiger partial charge on any atom is -0.302 e. The number of aromatic nitrogens is 4. The first-order valence-electron chi connectivity index (χ1n) is 10.6. The van der Waals surface area contributed by atoms with Gasteiger partial charge in [-0.15, -0.1) is 0 Å². The largest absolute Gasteiger partial charge is 0.302 e. The summed E-state index contributed by atoms with van der Waals surface area (Å²) in [6, 6.07) is 15.2. The first kappa shape index (κ1) is 19.7. The van der Waals surface area contributed by atoms with Crippen LogP contribution in [0.1, 0.15) is 35.2 Å². The fourth-order valence-corrected chi connectivity index (χ4v) is 4.07. The molecule has 1 unspecified atom stereocenters. The zero-order valence-electron chi connectivity index (χ0n) is 17.2. The maximum atomic E-state index is 4.66. The highest BCUT2D eigenvalue weighted by Gasteiger charge is 2.27. The molecule has 3 heterocycles. The van der Waals surface area contributed by atoms with Crippen LogP contribution in [-0.2, 0) is 12.8 Å². The molecule has 1 saturated heterocycles. The van der Waals surface area contributed by atoms with Gasteiger partial charge in [0.15, 0.2) is 5.82 Å². The molecule has 1 aliphatic rings. The van der Waals surface area contributed by atoms with E-state index in [2.05, 4.69) is 66.4 Å². The van der Waals surface area contributed by atoms with Crippen LogP contribution in [0, 0.1) is 6.92 Å². The Kier molecular flexibility index (Phi) is 6.64. The third-order valence-corrected chi connectivity index (χ3v) is 5.75. The summed E-state index contributed by atoms with van der Waals surface area (Å²) in [5.74, 6) is 1.82. The first-order chi connectivity index (χ1) is 14.3. The molecular formula is C23H30N6. The molecule has 2 aromatic heterocycles. The molecule has 0 saturated carbocycles. The summed E-state index contributed by atoms with van der Waals surface area (Å²) >= 11 is 0. The lowest BCUT2D eigenvalue weighted by atomic mass is 10.1. The molecular weight excluding hydrogens is 360 g/mol. The fraction of sp³-hybridized carbons (Fsp3) is 0.435. The van der Waals surface area contributed by atoms with Crippen LogP contribution in [-0.4, -0.2) is 62.7 Å². The van der Waals surface area contributed by atoms with Crippen molar-refractivity contribution in [2.75, 3.05) is 32.7 Å². The van der Waals surface area contributed by atoms with Gasteiger partial charge in [-0.05, 0) is 43.4 Å². The van der Waals surface area contributed by atoms with E-state index in [1.165, 1.54) is 11.1 Å². The normalized spacial score (nSPS) is 18.6. The molecule has 1 atom stereocenters. The zero-order chi connectivity index (χ0) is 19.9. The standard InChI is InChI=1S/C23H30N6/c1-19-25-23(27-26-19)22-11-14-28(13-9-21-8-5-12-24-18-21)16-17-29(22)15-10-20-6-3-2-4-7-20/h2-8,12,18,22H,9-11,13-17H2,1H3,(H,25,26,27). The molecule has 0 spiro atoms. The Morgan fingerprint density at radius 3 is 2.55 bits per heavy atom. The second kappa shape index (κ2) is 9.76. The summed E-state index contributed by atoms with van der Waals surface area (Å²) in [5.41, 5.74) is 2.69. The van der Waals surface area contributed by atoms with Gasteiger partial charge in [0.2, 0.25) is 0 Å². The van der Waals surface area contributed by atoms with Gasteiger partial charge in [0, 0.05) is 45.1 Å². The number of benzene rings is 1. The number of hydrogen-bond donors (Lipinski definition) is 1. The third-order valence-electron chi connectivity index (χ3n) is 5.75. The highest BCUT2D eigenvalue weighted by atomic mass is 15.3.